The van der Waals surface area contributed by atoms with Crippen LogP contribution in [-0.4, -0.2) is 63.3 Å². The van der Waals surface area contributed by atoms with Crippen molar-refractivity contribution in [1.29, 1.82) is 0 Å². The van der Waals surface area contributed by atoms with E-state index >= 15 is 0 Å². The Morgan fingerprint density at radius 2 is 1.61 bits per heavy atom. The van der Waals surface area contributed by atoms with Crippen LogP contribution in [0.1, 0.15) is 11.1 Å². The predicted molar refractivity (Wildman–Crippen MR) is 111 cm³/mol. The van der Waals surface area contributed by atoms with E-state index in [0.717, 1.165) is 16.8 Å². The molecule has 0 bridgehead atoms. The molecule has 150 valence electrons. The molecule has 1 saturated heterocycles. The number of carbonyl (C=O) groups excluding carboxylic acids is 1. The number of hydrogen-bond donors (Lipinski definition) is 0. The maximum absolute atomic E-state index is 12.9. The summed E-state index contributed by atoms with van der Waals surface area (Å²) in [6.45, 7) is 6.02. The molecule has 2 aromatic rings. The first-order chi connectivity index (χ1) is 13.3. The molecule has 6 nitrogen and oxygen atoms in total. The normalized spacial score (nSPS) is 16.1. The highest BCUT2D eigenvalue weighted by Crippen LogP contribution is 2.20. The number of rotatable bonds is 5. The number of para-hydroxylation sites is 1. The summed E-state index contributed by atoms with van der Waals surface area (Å²) in [6, 6.07) is 14.7. The topological polar surface area (TPSA) is 60.9 Å². The molecule has 3 rings (SSSR count). The van der Waals surface area contributed by atoms with Crippen LogP contribution < -0.4 is 4.90 Å². The second kappa shape index (κ2) is 8.43. The van der Waals surface area contributed by atoms with Crippen LogP contribution in [0.4, 0.5) is 5.69 Å². The van der Waals surface area contributed by atoms with Crippen LogP contribution in [0, 0.1) is 13.8 Å². The van der Waals surface area contributed by atoms with E-state index in [0.29, 0.717) is 31.1 Å². The van der Waals surface area contributed by atoms with Gasteiger partial charge in [0, 0.05) is 38.9 Å². The van der Waals surface area contributed by atoms with Gasteiger partial charge in [-0.1, -0.05) is 24.3 Å². The number of piperazine rings is 1. The first kappa shape index (κ1) is 20.5. The lowest BCUT2D eigenvalue weighted by molar-refractivity contribution is -0.119. The summed E-state index contributed by atoms with van der Waals surface area (Å²) in [5.74, 6) is -0.00309. The quantitative estimate of drug-likeness (QED) is 0.771. The lowest BCUT2D eigenvalue weighted by Gasteiger charge is -2.34. The fraction of sp³-hybridized carbons (Fsp3) is 0.381. The molecular formula is C21H27N3O3S. The molecule has 0 spiro atoms. The molecule has 1 aliphatic rings. The third-order valence-electron chi connectivity index (χ3n) is 5.32. The van der Waals surface area contributed by atoms with Gasteiger partial charge >= 0.3 is 0 Å². The Morgan fingerprint density at radius 3 is 2.21 bits per heavy atom. The van der Waals surface area contributed by atoms with Gasteiger partial charge in [-0.3, -0.25) is 9.69 Å². The van der Waals surface area contributed by atoms with Gasteiger partial charge < -0.3 is 4.90 Å². The number of benzene rings is 2. The molecule has 7 heteroatoms. The number of amides is 1. The van der Waals surface area contributed by atoms with Crippen LogP contribution >= 0.6 is 0 Å². The summed E-state index contributed by atoms with van der Waals surface area (Å²) < 4.78 is 27.3. The molecule has 1 aliphatic heterocycles. The molecule has 2 aromatic carbocycles. The Kier molecular flexibility index (Phi) is 6.17. The van der Waals surface area contributed by atoms with E-state index in [9.17, 15) is 13.2 Å². The lowest BCUT2D eigenvalue weighted by atomic mass is 10.1. The van der Waals surface area contributed by atoms with E-state index in [-0.39, 0.29) is 12.5 Å². The number of likely N-dealkylation sites (N-methyl/N-ethyl adjacent to an activating group) is 1. The predicted octanol–water partition coefficient (Wildman–Crippen LogP) is 2.27. The number of hydrogen-bond acceptors (Lipinski definition) is 4. The Labute approximate surface area is 167 Å². The number of aryl methyl sites for hydroxylation is 2. The van der Waals surface area contributed by atoms with Gasteiger partial charge in [-0.25, -0.2) is 8.42 Å². The van der Waals surface area contributed by atoms with Crippen LogP contribution in [0.5, 0.6) is 0 Å². The van der Waals surface area contributed by atoms with Crippen molar-refractivity contribution in [3.05, 3.63) is 59.7 Å². The maximum atomic E-state index is 12.9. The third kappa shape index (κ3) is 4.43. The van der Waals surface area contributed by atoms with Crippen LogP contribution in [0.3, 0.4) is 0 Å². The molecule has 0 aliphatic carbocycles. The molecular weight excluding hydrogens is 374 g/mol. The van der Waals surface area contributed by atoms with E-state index in [4.69, 9.17) is 0 Å². The summed E-state index contributed by atoms with van der Waals surface area (Å²) in [4.78, 5) is 16.5. The van der Waals surface area contributed by atoms with Gasteiger partial charge in [-0.05, 0) is 49.2 Å². The fourth-order valence-electron chi connectivity index (χ4n) is 3.24. The highest BCUT2D eigenvalue weighted by Gasteiger charge is 2.29. The van der Waals surface area contributed by atoms with Crippen molar-refractivity contribution in [2.45, 2.75) is 18.7 Å². The molecule has 0 N–H and O–H groups in total. The molecule has 1 heterocycles. The van der Waals surface area contributed by atoms with Crippen molar-refractivity contribution < 1.29 is 13.2 Å². The Morgan fingerprint density at radius 1 is 0.964 bits per heavy atom. The summed E-state index contributed by atoms with van der Waals surface area (Å²) in [5, 5.41) is 0. The van der Waals surface area contributed by atoms with Crippen molar-refractivity contribution in [2.24, 2.45) is 0 Å². The number of anilines is 1. The zero-order valence-electron chi connectivity index (χ0n) is 16.6. The Balaban J connectivity index is 1.59. The summed E-state index contributed by atoms with van der Waals surface area (Å²) in [7, 11) is -1.74. The van der Waals surface area contributed by atoms with Crippen LogP contribution in [0.15, 0.2) is 53.4 Å². The van der Waals surface area contributed by atoms with Gasteiger partial charge in [0.05, 0.1) is 11.4 Å². The van der Waals surface area contributed by atoms with Crippen molar-refractivity contribution in [2.75, 3.05) is 44.7 Å². The van der Waals surface area contributed by atoms with E-state index in [1.54, 1.807) is 24.1 Å². The average Bonchev–Trinajstić information content (AvgIpc) is 2.70. The number of nitrogens with zero attached hydrogens (tertiary/aromatic N) is 3. The maximum Gasteiger partial charge on any atom is 0.243 e. The minimum atomic E-state index is -3.50. The number of carbonyl (C=O) groups is 1. The van der Waals surface area contributed by atoms with Crippen molar-refractivity contribution in [1.82, 2.24) is 9.21 Å². The molecule has 0 aromatic heterocycles. The van der Waals surface area contributed by atoms with E-state index in [1.165, 1.54) is 4.31 Å². The summed E-state index contributed by atoms with van der Waals surface area (Å²) in [5.41, 5.74) is 2.89. The smallest absolute Gasteiger partial charge is 0.243 e. The Bertz CT molecular complexity index is 937. The van der Waals surface area contributed by atoms with E-state index < -0.39 is 10.0 Å². The monoisotopic (exact) mass is 401 g/mol. The van der Waals surface area contributed by atoms with Crippen molar-refractivity contribution in [3.63, 3.8) is 0 Å². The largest absolute Gasteiger partial charge is 0.314 e. The number of sulfonamides is 1. The van der Waals surface area contributed by atoms with Crippen molar-refractivity contribution >= 4 is 21.6 Å². The van der Waals surface area contributed by atoms with E-state index in [2.05, 4.69) is 0 Å². The highest BCUT2D eigenvalue weighted by atomic mass is 32.2. The molecule has 0 unspecified atom stereocenters. The minimum Gasteiger partial charge on any atom is -0.314 e. The zero-order chi connectivity index (χ0) is 20.3. The summed E-state index contributed by atoms with van der Waals surface area (Å²) in [6.07, 6.45) is 0. The first-order valence-corrected chi connectivity index (χ1v) is 10.8. The second-order valence-electron chi connectivity index (χ2n) is 7.21. The standard InChI is InChI=1S/C21H27N3O3S/c1-17-9-10-20(15-18(17)2)28(26,27)24-13-11-23(12-14-24)16-21(25)22(3)19-7-5-4-6-8-19/h4-10,15H,11-14,16H2,1-3H3. The molecule has 0 radical (unpaired) electrons. The van der Waals surface area contributed by atoms with Gasteiger partial charge in [0.25, 0.3) is 0 Å². The molecule has 1 fully saturated rings. The minimum absolute atomic E-state index is 0.00309. The van der Waals surface area contributed by atoms with Gasteiger partial charge in [-0.15, -0.1) is 0 Å². The zero-order valence-corrected chi connectivity index (χ0v) is 17.4. The third-order valence-corrected chi connectivity index (χ3v) is 7.22. The average molecular weight is 402 g/mol. The summed E-state index contributed by atoms with van der Waals surface area (Å²) >= 11 is 0. The van der Waals surface area contributed by atoms with Crippen molar-refractivity contribution in [3.8, 4) is 0 Å². The van der Waals surface area contributed by atoms with Gasteiger partial charge in [0.1, 0.15) is 0 Å². The molecule has 1 amide bonds. The SMILES string of the molecule is Cc1ccc(S(=O)(=O)N2CCN(CC(=O)N(C)c3ccccc3)CC2)cc1C. The molecule has 0 saturated carbocycles. The highest BCUT2D eigenvalue weighted by molar-refractivity contribution is 7.89. The van der Waals surface area contributed by atoms with Crippen LogP contribution in [0.2, 0.25) is 0 Å². The van der Waals surface area contributed by atoms with Gasteiger partial charge in [0.15, 0.2) is 0 Å². The second-order valence-corrected chi connectivity index (χ2v) is 9.15. The molecule has 0 atom stereocenters. The first-order valence-electron chi connectivity index (χ1n) is 9.40. The van der Waals surface area contributed by atoms with E-state index in [1.807, 2.05) is 55.1 Å². The van der Waals surface area contributed by atoms with Gasteiger partial charge in [0.2, 0.25) is 15.9 Å². The molecule has 28 heavy (non-hydrogen) atoms. The van der Waals surface area contributed by atoms with Crippen LogP contribution in [-0.2, 0) is 14.8 Å². The Hall–Kier alpha value is -2.22. The fourth-order valence-corrected chi connectivity index (χ4v) is 4.75. The van der Waals surface area contributed by atoms with Gasteiger partial charge in [-0.2, -0.15) is 4.31 Å². The van der Waals surface area contributed by atoms with Crippen LogP contribution in [0.25, 0.3) is 0 Å². The lowest BCUT2D eigenvalue weighted by Crippen LogP contribution is -2.51.